The fourth-order valence-electron chi connectivity index (χ4n) is 1.73. The highest BCUT2D eigenvalue weighted by Gasteiger charge is 2.18. The average Bonchev–Trinajstić information content (AvgIpc) is 2.23. The number of anilines is 2. The zero-order valence-electron chi connectivity index (χ0n) is 8.78. The van der Waals surface area contributed by atoms with E-state index >= 15 is 0 Å². The van der Waals surface area contributed by atoms with E-state index in [1.807, 2.05) is 0 Å². The van der Waals surface area contributed by atoms with Crippen LogP contribution >= 0.6 is 0 Å². The summed E-state index contributed by atoms with van der Waals surface area (Å²) in [6.45, 7) is 4.08. The third kappa shape index (κ3) is 2.16. The molecular weight excluding hydrogens is 195 g/mol. The lowest BCUT2D eigenvalue weighted by Gasteiger charge is -2.30. The molecule has 2 rings (SSSR count). The van der Waals surface area contributed by atoms with Gasteiger partial charge in [-0.3, -0.25) is 0 Å². The highest BCUT2D eigenvalue weighted by atomic mass is 19.1. The van der Waals surface area contributed by atoms with Crippen molar-refractivity contribution in [2.75, 3.05) is 23.7 Å². The van der Waals surface area contributed by atoms with E-state index in [2.05, 4.69) is 21.8 Å². The van der Waals surface area contributed by atoms with Crippen molar-refractivity contribution in [2.24, 2.45) is 5.92 Å². The summed E-state index contributed by atoms with van der Waals surface area (Å²) in [5.41, 5.74) is 5.40. The molecule has 1 aromatic rings. The van der Waals surface area contributed by atoms with Crippen LogP contribution in [0.3, 0.4) is 0 Å². The summed E-state index contributed by atoms with van der Waals surface area (Å²) in [4.78, 5) is 9.94. The number of rotatable bonds is 1. The molecule has 0 saturated carbocycles. The molecule has 0 radical (unpaired) electrons. The molecule has 0 aromatic carbocycles. The molecule has 1 fully saturated rings. The van der Waals surface area contributed by atoms with E-state index in [0.717, 1.165) is 38.0 Å². The van der Waals surface area contributed by atoms with Gasteiger partial charge < -0.3 is 10.6 Å². The molecular formula is C10H15FN4. The lowest BCUT2D eigenvalue weighted by Crippen LogP contribution is -2.34. The van der Waals surface area contributed by atoms with Gasteiger partial charge in [0, 0.05) is 13.1 Å². The van der Waals surface area contributed by atoms with Crippen molar-refractivity contribution in [2.45, 2.75) is 19.8 Å². The molecule has 1 aliphatic heterocycles. The van der Waals surface area contributed by atoms with Crippen LogP contribution in [0.4, 0.5) is 16.2 Å². The first kappa shape index (κ1) is 10.1. The number of nitrogens with zero attached hydrogens (tertiary/aromatic N) is 3. The third-order valence-electron chi connectivity index (χ3n) is 2.82. The Balaban J connectivity index is 2.12. The normalized spacial score (nSPS) is 18.1. The maximum absolute atomic E-state index is 12.9. The van der Waals surface area contributed by atoms with E-state index in [4.69, 9.17) is 5.73 Å². The van der Waals surface area contributed by atoms with E-state index in [9.17, 15) is 4.39 Å². The molecule has 1 aromatic heterocycles. The fourth-order valence-corrected chi connectivity index (χ4v) is 1.73. The predicted molar refractivity (Wildman–Crippen MR) is 57.0 cm³/mol. The molecule has 4 nitrogen and oxygen atoms in total. The SMILES string of the molecule is CC1CCN(c2ncc(F)c(N)n2)CC1. The molecule has 5 heteroatoms. The van der Waals surface area contributed by atoms with Gasteiger partial charge in [-0.2, -0.15) is 4.98 Å². The van der Waals surface area contributed by atoms with E-state index in [1.54, 1.807) is 0 Å². The largest absolute Gasteiger partial charge is 0.381 e. The molecule has 82 valence electrons. The minimum atomic E-state index is -0.552. The first-order valence-electron chi connectivity index (χ1n) is 5.20. The number of nitrogen functional groups attached to an aromatic ring is 1. The van der Waals surface area contributed by atoms with Gasteiger partial charge in [0.15, 0.2) is 11.6 Å². The Hall–Kier alpha value is -1.39. The van der Waals surface area contributed by atoms with Crippen LogP contribution in [0.25, 0.3) is 0 Å². The second-order valence-electron chi connectivity index (χ2n) is 4.07. The van der Waals surface area contributed by atoms with Gasteiger partial charge in [0.2, 0.25) is 5.95 Å². The lowest BCUT2D eigenvalue weighted by atomic mass is 10.00. The summed E-state index contributed by atoms with van der Waals surface area (Å²) in [5.74, 6) is 0.669. The van der Waals surface area contributed by atoms with E-state index in [0.29, 0.717) is 5.95 Å². The van der Waals surface area contributed by atoms with Crippen LogP contribution in [0.2, 0.25) is 0 Å². The lowest BCUT2D eigenvalue weighted by molar-refractivity contribution is 0.434. The first-order valence-corrected chi connectivity index (χ1v) is 5.20. The molecule has 0 amide bonds. The number of halogens is 1. The zero-order chi connectivity index (χ0) is 10.8. The average molecular weight is 210 g/mol. The molecule has 2 N–H and O–H groups in total. The molecule has 0 atom stereocenters. The molecule has 0 unspecified atom stereocenters. The highest BCUT2D eigenvalue weighted by molar-refractivity contribution is 5.39. The smallest absolute Gasteiger partial charge is 0.227 e. The van der Waals surface area contributed by atoms with Crippen molar-refractivity contribution >= 4 is 11.8 Å². The van der Waals surface area contributed by atoms with Gasteiger partial charge in [-0.05, 0) is 18.8 Å². The molecule has 0 aliphatic carbocycles. The topological polar surface area (TPSA) is 55.0 Å². The maximum atomic E-state index is 12.9. The summed E-state index contributed by atoms with van der Waals surface area (Å²) in [5, 5.41) is 0. The molecule has 2 heterocycles. The summed E-state index contributed by atoms with van der Waals surface area (Å²) in [7, 11) is 0. The Morgan fingerprint density at radius 2 is 2.13 bits per heavy atom. The van der Waals surface area contributed by atoms with Crippen molar-refractivity contribution in [1.82, 2.24) is 9.97 Å². The molecule has 15 heavy (non-hydrogen) atoms. The Morgan fingerprint density at radius 3 is 2.73 bits per heavy atom. The Labute approximate surface area is 88.3 Å². The number of aromatic nitrogens is 2. The van der Waals surface area contributed by atoms with Crippen LogP contribution in [0.5, 0.6) is 0 Å². The van der Waals surface area contributed by atoms with Gasteiger partial charge in [0.05, 0.1) is 6.20 Å². The first-order chi connectivity index (χ1) is 7.16. The van der Waals surface area contributed by atoms with Gasteiger partial charge in [0.25, 0.3) is 0 Å². The maximum Gasteiger partial charge on any atom is 0.227 e. The van der Waals surface area contributed by atoms with Crippen LogP contribution in [0.1, 0.15) is 19.8 Å². The monoisotopic (exact) mass is 210 g/mol. The number of hydrogen-bond acceptors (Lipinski definition) is 4. The summed E-state index contributed by atoms with van der Waals surface area (Å²) in [6.07, 6.45) is 3.39. The van der Waals surface area contributed by atoms with Crippen LogP contribution in [0.15, 0.2) is 6.20 Å². The second kappa shape index (κ2) is 4.00. The minimum absolute atomic E-state index is 0.0707. The summed E-state index contributed by atoms with van der Waals surface area (Å²) >= 11 is 0. The van der Waals surface area contributed by atoms with Crippen molar-refractivity contribution in [3.63, 3.8) is 0 Å². The Bertz CT molecular complexity index is 347. The second-order valence-corrected chi connectivity index (χ2v) is 4.07. The number of nitrogens with two attached hydrogens (primary N) is 1. The third-order valence-corrected chi connectivity index (χ3v) is 2.82. The number of hydrogen-bond donors (Lipinski definition) is 1. The van der Waals surface area contributed by atoms with Gasteiger partial charge >= 0.3 is 0 Å². The van der Waals surface area contributed by atoms with Crippen LogP contribution < -0.4 is 10.6 Å². The van der Waals surface area contributed by atoms with Crippen LogP contribution in [-0.4, -0.2) is 23.1 Å². The standard InChI is InChI=1S/C10H15FN4/c1-7-2-4-15(5-3-7)10-13-6-8(11)9(12)14-10/h6-7H,2-5H2,1H3,(H2,12,13,14). The summed E-state index contributed by atoms with van der Waals surface area (Å²) < 4.78 is 12.9. The molecule has 0 bridgehead atoms. The molecule has 1 aliphatic rings. The number of piperidine rings is 1. The van der Waals surface area contributed by atoms with Crippen molar-refractivity contribution < 1.29 is 4.39 Å². The molecule has 0 spiro atoms. The minimum Gasteiger partial charge on any atom is -0.381 e. The van der Waals surface area contributed by atoms with Crippen molar-refractivity contribution in [1.29, 1.82) is 0 Å². The van der Waals surface area contributed by atoms with Gasteiger partial charge in [0.1, 0.15) is 0 Å². The quantitative estimate of drug-likeness (QED) is 0.762. The highest BCUT2D eigenvalue weighted by Crippen LogP contribution is 2.20. The summed E-state index contributed by atoms with van der Waals surface area (Å²) in [6, 6.07) is 0. The van der Waals surface area contributed by atoms with E-state index in [1.165, 1.54) is 0 Å². The molecule has 1 saturated heterocycles. The van der Waals surface area contributed by atoms with Crippen molar-refractivity contribution in [3.8, 4) is 0 Å². The van der Waals surface area contributed by atoms with Crippen LogP contribution in [0, 0.1) is 11.7 Å². The Kier molecular flexibility index (Phi) is 2.70. The zero-order valence-corrected chi connectivity index (χ0v) is 8.78. The van der Waals surface area contributed by atoms with Gasteiger partial charge in [-0.1, -0.05) is 6.92 Å². The van der Waals surface area contributed by atoms with Gasteiger partial charge in [-0.25, -0.2) is 9.37 Å². The van der Waals surface area contributed by atoms with Crippen molar-refractivity contribution in [3.05, 3.63) is 12.0 Å². The Morgan fingerprint density at radius 1 is 1.47 bits per heavy atom. The fraction of sp³-hybridized carbons (Fsp3) is 0.600. The van der Waals surface area contributed by atoms with Gasteiger partial charge in [-0.15, -0.1) is 0 Å². The van der Waals surface area contributed by atoms with Crippen LogP contribution in [-0.2, 0) is 0 Å². The van der Waals surface area contributed by atoms with E-state index < -0.39 is 5.82 Å². The predicted octanol–water partition coefficient (Wildman–Crippen LogP) is 1.43. The van der Waals surface area contributed by atoms with E-state index in [-0.39, 0.29) is 5.82 Å².